The van der Waals surface area contributed by atoms with Crippen LogP contribution in [0.1, 0.15) is 65.0 Å². The third kappa shape index (κ3) is 5.51. The van der Waals surface area contributed by atoms with E-state index >= 15 is 0 Å². The number of benzene rings is 1. The molecule has 0 atom stereocenters. The summed E-state index contributed by atoms with van der Waals surface area (Å²) in [6.45, 7) is 20.1. The Kier molecular flexibility index (Phi) is 7.08. The first-order valence-electron chi connectivity index (χ1n) is 10.5. The lowest BCUT2D eigenvalue weighted by atomic mass is 9.65. The molecule has 152 valence electrons. The topological polar surface area (TPSA) is 6.48 Å². The summed E-state index contributed by atoms with van der Waals surface area (Å²) in [6, 6.07) is 7.09. The summed E-state index contributed by atoms with van der Waals surface area (Å²) >= 11 is 0. The number of halogens is 1. The summed E-state index contributed by atoms with van der Waals surface area (Å²) in [6.07, 6.45) is 6.26. The van der Waals surface area contributed by atoms with E-state index in [2.05, 4.69) is 75.6 Å². The highest BCUT2D eigenvalue weighted by Gasteiger charge is 2.34. The molecule has 1 saturated heterocycles. The van der Waals surface area contributed by atoms with E-state index in [4.69, 9.17) is 0 Å². The average molecular weight is 391 g/mol. The van der Waals surface area contributed by atoms with Gasteiger partial charge in [-0.05, 0) is 60.8 Å². The van der Waals surface area contributed by atoms with E-state index in [0.717, 1.165) is 13.1 Å². The molecule has 0 bridgehead atoms. The highest BCUT2D eigenvalue weighted by atomic mass is 35.5. The van der Waals surface area contributed by atoms with Crippen LogP contribution in [0.25, 0.3) is 5.57 Å². The molecule has 1 aliphatic heterocycles. The lowest BCUT2D eigenvalue weighted by Crippen LogP contribution is -2.46. The van der Waals surface area contributed by atoms with Crippen LogP contribution in [0, 0.1) is 17.8 Å². The maximum absolute atomic E-state index is 2.63. The molecule has 0 N–H and O–H groups in total. The Morgan fingerprint density at radius 3 is 2.26 bits per heavy atom. The molecule has 1 heterocycles. The molecule has 1 fully saturated rings. The van der Waals surface area contributed by atoms with Crippen molar-refractivity contribution in [3.8, 4) is 0 Å². The van der Waals surface area contributed by atoms with E-state index in [1.807, 2.05) is 0 Å². The number of allylic oxidation sites excluding steroid dienone is 2. The van der Waals surface area contributed by atoms with Crippen molar-refractivity contribution in [1.29, 1.82) is 0 Å². The summed E-state index contributed by atoms with van der Waals surface area (Å²) in [5, 5.41) is 0. The molecule has 1 aromatic rings. The van der Waals surface area contributed by atoms with Crippen molar-refractivity contribution >= 4 is 23.7 Å². The van der Waals surface area contributed by atoms with Gasteiger partial charge in [0, 0.05) is 37.4 Å². The smallest absolute Gasteiger partial charge is 0.0446 e. The third-order valence-electron chi connectivity index (χ3n) is 5.92. The van der Waals surface area contributed by atoms with Gasteiger partial charge in [-0.15, -0.1) is 12.4 Å². The number of piperazine rings is 1. The van der Waals surface area contributed by atoms with Crippen molar-refractivity contribution in [3.05, 3.63) is 35.4 Å². The number of nitrogens with zero attached hydrogens (tertiary/aromatic N) is 2. The summed E-state index contributed by atoms with van der Waals surface area (Å²) in [5.41, 5.74) is 6.50. The van der Waals surface area contributed by atoms with Crippen molar-refractivity contribution in [3.63, 3.8) is 0 Å². The summed E-state index contributed by atoms with van der Waals surface area (Å²) < 4.78 is 0. The van der Waals surface area contributed by atoms with Gasteiger partial charge in [-0.3, -0.25) is 4.90 Å². The minimum atomic E-state index is 0. The summed E-state index contributed by atoms with van der Waals surface area (Å²) in [7, 11) is 0. The van der Waals surface area contributed by atoms with Crippen LogP contribution in [-0.2, 0) is 0 Å². The molecule has 0 radical (unpaired) electrons. The number of hydrogen-bond donors (Lipinski definition) is 0. The van der Waals surface area contributed by atoms with Crippen molar-refractivity contribution in [1.82, 2.24) is 4.90 Å². The second-order valence-electron chi connectivity index (χ2n) is 10.0. The van der Waals surface area contributed by atoms with Crippen molar-refractivity contribution < 1.29 is 0 Å². The number of rotatable bonds is 4. The Bertz CT molecular complexity index is 667. The Balaban J connectivity index is 0.00000261. The van der Waals surface area contributed by atoms with Crippen molar-refractivity contribution in [2.75, 3.05) is 37.6 Å². The molecule has 3 heteroatoms. The van der Waals surface area contributed by atoms with E-state index in [0.29, 0.717) is 5.41 Å². The molecule has 0 spiro atoms. The Morgan fingerprint density at radius 2 is 1.67 bits per heavy atom. The second-order valence-corrected chi connectivity index (χ2v) is 10.0. The maximum Gasteiger partial charge on any atom is 0.0446 e. The van der Waals surface area contributed by atoms with Crippen LogP contribution in [0.4, 0.5) is 5.69 Å². The zero-order valence-corrected chi connectivity index (χ0v) is 19.1. The van der Waals surface area contributed by atoms with Gasteiger partial charge in [0.1, 0.15) is 0 Å². The van der Waals surface area contributed by atoms with Gasteiger partial charge < -0.3 is 4.90 Å². The molecule has 0 aromatic heterocycles. The Labute approximate surface area is 173 Å². The first-order valence-corrected chi connectivity index (χ1v) is 10.5. The van der Waals surface area contributed by atoms with E-state index in [1.54, 1.807) is 5.57 Å². The van der Waals surface area contributed by atoms with Crippen LogP contribution in [0.5, 0.6) is 0 Å². The summed E-state index contributed by atoms with van der Waals surface area (Å²) in [5.74, 6) is 0. The average Bonchev–Trinajstić information content (AvgIpc) is 2.53. The van der Waals surface area contributed by atoms with Gasteiger partial charge in [0.15, 0.2) is 0 Å². The fourth-order valence-corrected chi connectivity index (χ4v) is 5.26. The predicted octanol–water partition coefficient (Wildman–Crippen LogP) is 6.18. The fourth-order valence-electron chi connectivity index (χ4n) is 5.26. The highest BCUT2D eigenvalue weighted by molar-refractivity contribution is 5.85. The van der Waals surface area contributed by atoms with Gasteiger partial charge in [0.25, 0.3) is 0 Å². The molecule has 2 aliphatic rings. The molecule has 27 heavy (non-hydrogen) atoms. The largest absolute Gasteiger partial charge is 0.368 e. The SMILES string of the molecule is CCCN1CCN(c2cc(C)ccc2C2=CC(C)(C)CC(C)(C)C2)CC1.Cl. The van der Waals surface area contributed by atoms with Gasteiger partial charge in [0.2, 0.25) is 0 Å². The van der Waals surface area contributed by atoms with Gasteiger partial charge in [-0.2, -0.15) is 0 Å². The molecule has 0 amide bonds. The van der Waals surface area contributed by atoms with Gasteiger partial charge in [0.05, 0.1) is 0 Å². The normalized spacial score (nSPS) is 22.1. The second kappa shape index (κ2) is 8.57. The minimum Gasteiger partial charge on any atom is -0.368 e. The highest BCUT2D eigenvalue weighted by Crippen LogP contribution is 2.48. The molecular formula is C24H39ClN2. The fraction of sp³-hybridized carbons (Fsp3) is 0.667. The van der Waals surface area contributed by atoms with Crippen LogP contribution < -0.4 is 4.90 Å². The molecule has 3 rings (SSSR count). The van der Waals surface area contributed by atoms with Crippen LogP contribution in [0.15, 0.2) is 24.3 Å². The standard InChI is InChI=1S/C24H38N2.ClH/c1-7-10-25-11-13-26(14-12-25)22-15-19(2)8-9-21(22)20-16-23(3,4)18-24(5,6)17-20;/h8-9,15-16H,7,10-14,17-18H2,1-6H3;1H. The Hall–Kier alpha value is -0.990. The molecule has 0 saturated carbocycles. The van der Waals surface area contributed by atoms with Crippen molar-refractivity contribution in [2.24, 2.45) is 10.8 Å². The lowest BCUT2D eigenvalue weighted by molar-refractivity contribution is 0.228. The Morgan fingerprint density at radius 1 is 1.00 bits per heavy atom. The number of hydrogen-bond acceptors (Lipinski definition) is 2. The lowest BCUT2D eigenvalue weighted by Gasteiger charge is -2.41. The van der Waals surface area contributed by atoms with Crippen LogP contribution in [0.3, 0.4) is 0 Å². The maximum atomic E-state index is 2.63. The van der Waals surface area contributed by atoms with Crippen LogP contribution in [0.2, 0.25) is 0 Å². The molecule has 0 unspecified atom stereocenters. The van der Waals surface area contributed by atoms with Crippen LogP contribution in [-0.4, -0.2) is 37.6 Å². The third-order valence-corrected chi connectivity index (χ3v) is 5.92. The van der Waals surface area contributed by atoms with Crippen molar-refractivity contribution in [2.45, 2.75) is 60.8 Å². The van der Waals surface area contributed by atoms with E-state index < -0.39 is 0 Å². The number of anilines is 1. The van der Waals surface area contributed by atoms with Gasteiger partial charge in [-0.1, -0.05) is 52.8 Å². The predicted molar refractivity (Wildman–Crippen MR) is 122 cm³/mol. The van der Waals surface area contributed by atoms with E-state index in [1.165, 1.54) is 55.7 Å². The molecule has 1 aliphatic carbocycles. The van der Waals surface area contributed by atoms with Crippen LogP contribution >= 0.6 is 12.4 Å². The minimum absolute atomic E-state index is 0. The zero-order chi connectivity index (χ0) is 18.9. The van der Waals surface area contributed by atoms with Gasteiger partial charge in [-0.25, -0.2) is 0 Å². The van der Waals surface area contributed by atoms with E-state index in [-0.39, 0.29) is 17.8 Å². The monoisotopic (exact) mass is 390 g/mol. The summed E-state index contributed by atoms with van der Waals surface area (Å²) in [4.78, 5) is 5.24. The quantitative estimate of drug-likeness (QED) is 0.605. The first kappa shape index (κ1) is 22.3. The molecule has 2 nitrogen and oxygen atoms in total. The zero-order valence-electron chi connectivity index (χ0n) is 18.3. The molecular weight excluding hydrogens is 352 g/mol. The van der Waals surface area contributed by atoms with E-state index in [9.17, 15) is 0 Å². The molecule has 1 aromatic carbocycles. The van der Waals surface area contributed by atoms with Gasteiger partial charge >= 0.3 is 0 Å². The first-order chi connectivity index (χ1) is 12.2. The number of aryl methyl sites for hydroxylation is 1.